The number of benzene rings is 1. The van der Waals surface area contributed by atoms with Crippen molar-refractivity contribution in [1.29, 1.82) is 0 Å². The zero-order valence-corrected chi connectivity index (χ0v) is 8.64. The molecule has 0 heterocycles. The fraction of sp³-hybridized carbons (Fsp3) is 0.400. The number of aryl methyl sites for hydroxylation is 1. The van der Waals surface area contributed by atoms with Crippen LogP contribution in [-0.2, 0) is 6.42 Å². The first-order chi connectivity index (χ1) is 6.19. The Kier molecular flexibility index (Phi) is 3.58. The van der Waals surface area contributed by atoms with E-state index in [0.29, 0.717) is 0 Å². The Morgan fingerprint density at radius 1 is 1.54 bits per heavy atom. The minimum atomic E-state index is -0.499. The number of nitrogens with two attached hydrogens (primary N) is 1. The molecule has 0 amide bonds. The zero-order chi connectivity index (χ0) is 9.84. The molecule has 0 bridgehead atoms. The lowest BCUT2D eigenvalue weighted by atomic mass is 10.1. The molecule has 1 aromatic rings. The van der Waals surface area contributed by atoms with Crippen LogP contribution >= 0.6 is 11.6 Å². The minimum absolute atomic E-state index is 0.499. The van der Waals surface area contributed by atoms with Crippen molar-refractivity contribution in [1.82, 2.24) is 0 Å². The Hall–Kier alpha value is -0.730. The van der Waals surface area contributed by atoms with Gasteiger partial charge in [-0.2, -0.15) is 0 Å². The van der Waals surface area contributed by atoms with Gasteiger partial charge in [0.05, 0.1) is 7.11 Å². The molecular formula is C10H14ClNO. The van der Waals surface area contributed by atoms with Crippen LogP contribution in [0, 0.1) is 0 Å². The largest absolute Gasteiger partial charge is 0.496 e. The van der Waals surface area contributed by atoms with Crippen molar-refractivity contribution in [3.05, 3.63) is 29.3 Å². The Morgan fingerprint density at radius 2 is 2.23 bits per heavy atom. The van der Waals surface area contributed by atoms with E-state index in [9.17, 15) is 0 Å². The summed E-state index contributed by atoms with van der Waals surface area (Å²) in [7, 11) is 1.61. The van der Waals surface area contributed by atoms with Gasteiger partial charge in [-0.15, -0.1) is 11.6 Å². The number of hydrogen-bond acceptors (Lipinski definition) is 2. The van der Waals surface area contributed by atoms with Crippen LogP contribution in [0.5, 0.6) is 5.75 Å². The van der Waals surface area contributed by atoms with Crippen LogP contribution in [0.15, 0.2) is 18.2 Å². The highest BCUT2D eigenvalue weighted by Gasteiger charge is 2.09. The zero-order valence-electron chi connectivity index (χ0n) is 7.88. The van der Waals surface area contributed by atoms with Gasteiger partial charge >= 0.3 is 0 Å². The van der Waals surface area contributed by atoms with Crippen LogP contribution in [0.4, 0.5) is 0 Å². The molecule has 1 aromatic carbocycles. The molecule has 13 heavy (non-hydrogen) atoms. The Morgan fingerprint density at radius 3 is 2.69 bits per heavy atom. The molecule has 72 valence electrons. The summed E-state index contributed by atoms with van der Waals surface area (Å²) in [4.78, 5) is 0. The molecule has 2 nitrogen and oxygen atoms in total. The maximum Gasteiger partial charge on any atom is 0.124 e. The van der Waals surface area contributed by atoms with Gasteiger partial charge < -0.3 is 10.5 Å². The number of rotatable bonds is 3. The lowest BCUT2D eigenvalue weighted by molar-refractivity contribution is 0.409. The summed E-state index contributed by atoms with van der Waals surface area (Å²) in [5.74, 6) is 0.750. The first kappa shape index (κ1) is 10.4. The number of alkyl halides is 1. The molecule has 0 aromatic heterocycles. The van der Waals surface area contributed by atoms with Gasteiger partial charge in [0.2, 0.25) is 0 Å². The first-order valence-corrected chi connectivity index (χ1v) is 4.69. The van der Waals surface area contributed by atoms with E-state index in [1.807, 2.05) is 18.2 Å². The van der Waals surface area contributed by atoms with Gasteiger partial charge in [0.15, 0.2) is 0 Å². The molecule has 1 unspecified atom stereocenters. The standard InChI is InChI=1S/C10H14ClNO/c1-3-7-4-5-9(13-2)8(6-7)10(11)12/h4-6,10H,3,12H2,1-2H3. The number of ether oxygens (including phenoxy) is 1. The normalized spacial score (nSPS) is 12.6. The molecule has 0 saturated heterocycles. The van der Waals surface area contributed by atoms with Gasteiger partial charge in [-0.1, -0.05) is 13.0 Å². The van der Waals surface area contributed by atoms with Gasteiger partial charge in [-0.25, -0.2) is 0 Å². The summed E-state index contributed by atoms with van der Waals surface area (Å²) >= 11 is 5.81. The molecule has 2 N–H and O–H groups in total. The average Bonchev–Trinajstić information content (AvgIpc) is 2.16. The topological polar surface area (TPSA) is 35.2 Å². The van der Waals surface area contributed by atoms with Crippen molar-refractivity contribution in [3.8, 4) is 5.75 Å². The molecule has 1 atom stereocenters. The van der Waals surface area contributed by atoms with E-state index in [0.717, 1.165) is 17.7 Å². The Labute approximate surface area is 83.6 Å². The molecule has 0 radical (unpaired) electrons. The lowest BCUT2D eigenvalue weighted by Crippen LogP contribution is -2.05. The smallest absolute Gasteiger partial charge is 0.124 e. The molecule has 0 aliphatic heterocycles. The monoisotopic (exact) mass is 199 g/mol. The van der Waals surface area contributed by atoms with Gasteiger partial charge in [0.25, 0.3) is 0 Å². The molecule has 0 spiro atoms. The lowest BCUT2D eigenvalue weighted by Gasteiger charge is -2.11. The summed E-state index contributed by atoms with van der Waals surface area (Å²) in [6.07, 6.45) is 0.973. The summed E-state index contributed by atoms with van der Waals surface area (Å²) in [5.41, 5.74) is 7.17. The quantitative estimate of drug-likeness (QED) is 0.600. The molecule has 1 rings (SSSR count). The van der Waals surface area contributed by atoms with Crippen molar-refractivity contribution < 1.29 is 4.74 Å². The van der Waals surface area contributed by atoms with E-state index in [1.165, 1.54) is 5.56 Å². The van der Waals surface area contributed by atoms with Crippen LogP contribution in [0.2, 0.25) is 0 Å². The van der Waals surface area contributed by atoms with Crippen LogP contribution in [0.1, 0.15) is 23.6 Å². The molecule has 0 saturated carbocycles. The Balaban J connectivity index is 3.10. The van der Waals surface area contributed by atoms with Crippen molar-refractivity contribution in [2.24, 2.45) is 5.73 Å². The highest BCUT2D eigenvalue weighted by molar-refractivity contribution is 6.20. The van der Waals surface area contributed by atoms with E-state index < -0.39 is 5.50 Å². The van der Waals surface area contributed by atoms with Crippen molar-refractivity contribution >= 4 is 11.6 Å². The second kappa shape index (κ2) is 4.49. The van der Waals surface area contributed by atoms with Gasteiger partial charge in [0.1, 0.15) is 11.3 Å². The minimum Gasteiger partial charge on any atom is -0.496 e. The SMILES string of the molecule is CCc1ccc(OC)c(C(N)Cl)c1. The van der Waals surface area contributed by atoms with Gasteiger partial charge in [0, 0.05) is 5.56 Å². The highest BCUT2D eigenvalue weighted by atomic mass is 35.5. The highest BCUT2D eigenvalue weighted by Crippen LogP contribution is 2.27. The predicted molar refractivity (Wildman–Crippen MR) is 55.2 cm³/mol. The molecule has 0 aliphatic carbocycles. The van der Waals surface area contributed by atoms with Gasteiger partial charge in [-0.05, 0) is 24.1 Å². The predicted octanol–water partition coefficient (Wildman–Crippen LogP) is 2.45. The summed E-state index contributed by atoms with van der Waals surface area (Å²) in [5, 5.41) is 0. The fourth-order valence-electron chi connectivity index (χ4n) is 1.22. The van der Waals surface area contributed by atoms with Crippen molar-refractivity contribution in [3.63, 3.8) is 0 Å². The number of hydrogen-bond donors (Lipinski definition) is 1. The summed E-state index contributed by atoms with van der Waals surface area (Å²) in [6.45, 7) is 2.09. The van der Waals surface area contributed by atoms with Crippen molar-refractivity contribution in [2.45, 2.75) is 18.8 Å². The van der Waals surface area contributed by atoms with E-state index in [2.05, 4.69) is 6.92 Å². The van der Waals surface area contributed by atoms with Crippen LogP contribution in [-0.4, -0.2) is 7.11 Å². The molecule has 0 aliphatic rings. The van der Waals surface area contributed by atoms with Gasteiger partial charge in [-0.3, -0.25) is 0 Å². The van der Waals surface area contributed by atoms with Crippen LogP contribution in [0.25, 0.3) is 0 Å². The fourth-order valence-corrected chi connectivity index (χ4v) is 1.39. The second-order valence-corrected chi connectivity index (χ2v) is 3.30. The van der Waals surface area contributed by atoms with Crippen molar-refractivity contribution in [2.75, 3.05) is 7.11 Å². The maximum absolute atomic E-state index is 5.81. The third kappa shape index (κ3) is 2.36. The maximum atomic E-state index is 5.81. The molecule has 3 heteroatoms. The third-order valence-corrected chi connectivity index (χ3v) is 2.23. The summed E-state index contributed by atoms with van der Waals surface area (Å²) < 4.78 is 5.14. The van der Waals surface area contributed by atoms with E-state index >= 15 is 0 Å². The average molecular weight is 200 g/mol. The molecule has 0 fully saturated rings. The van der Waals surface area contributed by atoms with E-state index in [4.69, 9.17) is 22.1 Å². The van der Waals surface area contributed by atoms with E-state index in [1.54, 1.807) is 7.11 Å². The first-order valence-electron chi connectivity index (χ1n) is 4.25. The number of methoxy groups -OCH3 is 1. The van der Waals surface area contributed by atoms with E-state index in [-0.39, 0.29) is 0 Å². The molecular weight excluding hydrogens is 186 g/mol. The number of halogens is 1. The second-order valence-electron chi connectivity index (χ2n) is 2.83. The summed E-state index contributed by atoms with van der Waals surface area (Å²) in [6, 6.07) is 5.90. The van der Waals surface area contributed by atoms with Crippen LogP contribution < -0.4 is 10.5 Å². The van der Waals surface area contributed by atoms with Crippen LogP contribution in [0.3, 0.4) is 0 Å². The Bertz CT molecular complexity index is 286. The third-order valence-electron chi connectivity index (χ3n) is 2.00.